The van der Waals surface area contributed by atoms with Crippen LogP contribution in [-0.2, 0) is 18.5 Å². The molecular formula is C27H41NO2. The third-order valence-corrected chi connectivity index (χ3v) is 5.46. The Morgan fingerprint density at radius 2 is 1.40 bits per heavy atom. The SMILES string of the molecule is CCCCCCCCOc1ccc(CNCc2ccc(C(C)(C)C)cc2)cc1OC. The zero-order valence-corrected chi connectivity index (χ0v) is 19.7. The minimum atomic E-state index is 0.196. The van der Waals surface area contributed by atoms with Crippen molar-refractivity contribution in [3.8, 4) is 11.5 Å². The van der Waals surface area contributed by atoms with E-state index in [2.05, 4.69) is 69.4 Å². The highest BCUT2D eigenvalue weighted by molar-refractivity contribution is 5.43. The Morgan fingerprint density at radius 3 is 2.07 bits per heavy atom. The molecule has 0 radical (unpaired) electrons. The average molecular weight is 412 g/mol. The standard InChI is InChI=1S/C27H41NO2/c1-6-7-8-9-10-11-18-30-25-17-14-23(19-26(25)29-5)21-28-20-22-12-15-24(16-13-22)27(2,3)4/h12-17,19,28H,6-11,18,20-21H2,1-5H3. The van der Waals surface area contributed by atoms with Gasteiger partial charge in [0.1, 0.15) is 0 Å². The van der Waals surface area contributed by atoms with Gasteiger partial charge < -0.3 is 14.8 Å². The summed E-state index contributed by atoms with van der Waals surface area (Å²) in [5, 5.41) is 3.53. The van der Waals surface area contributed by atoms with Gasteiger partial charge in [-0.3, -0.25) is 0 Å². The summed E-state index contributed by atoms with van der Waals surface area (Å²) in [6.07, 6.45) is 7.61. The molecule has 0 aliphatic heterocycles. The lowest BCUT2D eigenvalue weighted by Gasteiger charge is -2.19. The Balaban J connectivity index is 1.77. The van der Waals surface area contributed by atoms with Crippen LogP contribution in [0.25, 0.3) is 0 Å². The van der Waals surface area contributed by atoms with Crippen LogP contribution in [0, 0.1) is 0 Å². The summed E-state index contributed by atoms with van der Waals surface area (Å²) in [6, 6.07) is 15.1. The molecule has 0 heterocycles. The van der Waals surface area contributed by atoms with Crippen molar-refractivity contribution in [1.82, 2.24) is 5.32 Å². The molecule has 2 rings (SSSR count). The van der Waals surface area contributed by atoms with Gasteiger partial charge in [0, 0.05) is 13.1 Å². The van der Waals surface area contributed by atoms with E-state index in [1.807, 2.05) is 6.07 Å². The van der Waals surface area contributed by atoms with Crippen LogP contribution in [0.4, 0.5) is 0 Å². The molecule has 0 saturated heterocycles. The molecule has 0 spiro atoms. The quantitative estimate of drug-likeness (QED) is 0.359. The van der Waals surface area contributed by atoms with Gasteiger partial charge in [0.15, 0.2) is 11.5 Å². The maximum atomic E-state index is 5.96. The normalized spacial score (nSPS) is 11.5. The monoisotopic (exact) mass is 411 g/mol. The summed E-state index contributed by atoms with van der Waals surface area (Å²) in [4.78, 5) is 0. The lowest BCUT2D eigenvalue weighted by atomic mass is 9.87. The molecule has 0 amide bonds. The van der Waals surface area contributed by atoms with Crippen molar-refractivity contribution in [2.45, 2.75) is 84.7 Å². The molecule has 3 heteroatoms. The maximum absolute atomic E-state index is 5.96. The van der Waals surface area contributed by atoms with Crippen molar-refractivity contribution in [1.29, 1.82) is 0 Å². The van der Waals surface area contributed by atoms with Crippen LogP contribution in [0.1, 0.15) is 82.9 Å². The van der Waals surface area contributed by atoms with Gasteiger partial charge >= 0.3 is 0 Å². The Morgan fingerprint density at radius 1 is 0.767 bits per heavy atom. The van der Waals surface area contributed by atoms with E-state index in [0.29, 0.717) is 0 Å². The Labute approximate surface area is 184 Å². The molecule has 0 unspecified atom stereocenters. The number of methoxy groups -OCH3 is 1. The minimum absolute atomic E-state index is 0.196. The van der Waals surface area contributed by atoms with Gasteiger partial charge in [0.2, 0.25) is 0 Å². The largest absolute Gasteiger partial charge is 0.493 e. The Hall–Kier alpha value is -2.00. The summed E-state index contributed by atoms with van der Waals surface area (Å²) in [5.74, 6) is 1.65. The zero-order valence-electron chi connectivity index (χ0n) is 19.7. The van der Waals surface area contributed by atoms with Crippen LogP contribution < -0.4 is 14.8 Å². The van der Waals surface area contributed by atoms with E-state index in [0.717, 1.165) is 37.6 Å². The second kappa shape index (κ2) is 12.6. The first-order valence-corrected chi connectivity index (χ1v) is 11.5. The van der Waals surface area contributed by atoms with Gasteiger partial charge in [0.25, 0.3) is 0 Å². The molecule has 0 aliphatic carbocycles. The fraction of sp³-hybridized carbons (Fsp3) is 0.556. The number of hydrogen-bond donors (Lipinski definition) is 1. The van der Waals surface area contributed by atoms with E-state index in [4.69, 9.17) is 9.47 Å². The molecule has 1 N–H and O–H groups in total. The molecule has 2 aromatic carbocycles. The van der Waals surface area contributed by atoms with E-state index < -0.39 is 0 Å². The van der Waals surface area contributed by atoms with Crippen LogP contribution in [0.15, 0.2) is 42.5 Å². The number of unbranched alkanes of at least 4 members (excludes halogenated alkanes) is 5. The molecule has 2 aromatic rings. The highest BCUT2D eigenvalue weighted by Crippen LogP contribution is 2.28. The summed E-state index contributed by atoms with van der Waals surface area (Å²) in [6.45, 7) is 11.4. The van der Waals surface area contributed by atoms with Crippen molar-refractivity contribution in [3.05, 3.63) is 59.2 Å². The Bertz CT molecular complexity index is 732. The third kappa shape index (κ3) is 8.39. The second-order valence-electron chi connectivity index (χ2n) is 9.15. The second-order valence-corrected chi connectivity index (χ2v) is 9.15. The van der Waals surface area contributed by atoms with Gasteiger partial charge in [-0.05, 0) is 40.7 Å². The van der Waals surface area contributed by atoms with E-state index >= 15 is 0 Å². The summed E-state index contributed by atoms with van der Waals surface area (Å²) in [5.41, 5.74) is 4.06. The van der Waals surface area contributed by atoms with Crippen LogP contribution in [0.2, 0.25) is 0 Å². The summed E-state index contributed by atoms with van der Waals surface area (Å²) >= 11 is 0. The molecule has 166 valence electrons. The number of nitrogens with one attached hydrogen (secondary N) is 1. The molecule has 3 nitrogen and oxygen atoms in total. The van der Waals surface area contributed by atoms with Crippen LogP contribution in [0.3, 0.4) is 0 Å². The predicted octanol–water partition coefficient (Wildman–Crippen LogP) is 7.02. The lowest BCUT2D eigenvalue weighted by Crippen LogP contribution is -2.14. The van der Waals surface area contributed by atoms with Crippen molar-refractivity contribution < 1.29 is 9.47 Å². The highest BCUT2D eigenvalue weighted by Gasteiger charge is 2.12. The predicted molar refractivity (Wildman–Crippen MR) is 128 cm³/mol. The van der Waals surface area contributed by atoms with E-state index in [1.165, 1.54) is 48.8 Å². The van der Waals surface area contributed by atoms with E-state index in [1.54, 1.807) is 7.11 Å². The zero-order chi connectivity index (χ0) is 21.8. The van der Waals surface area contributed by atoms with Crippen LogP contribution >= 0.6 is 0 Å². The van der Waals surface area contributed by atoms with Gasteiger partial charge in [-0.15, -0.1) is 0 Å². The fourth-order valence-electron chi connectivity index (χ4n) is 3.48. The van der Waals surface area contributed by atoms with Gasteiger partial charge in [-0.1, -0.05) is 90.1 Å². The van der Waals surface area contributed by atoms with Crippen molar-refractivity contribution >= 4 is 0 Å². The fourth-order valence-corrected chi connectivity index (χ4v) is 3.48. The van der Waals surface area contributed by atoms with Gasteiger partial charge in [-0.25, -0.2) is 0 Å². The minimum Gasteiger partial charge on any atom is -0.493 e. The highest BCUT2D eigenvalue weighted by atomic mass is 16.5. The molecular weight excluding hydrogens is 370 g/mol. The number of hydrogen-bond acceptors (Lipinski definition) is 3. The van der Waals surface area contributed by atoms with Crippen molar-refractivity contribution in [2.24, 2.45) is 0 Å². The Kier molecular flexibility index (Phi) is 10.2. The number of ether oxygens (including phenoxy) is 2. The molecule has 0 atom stereocenters. The molecule has 0 aromatic heterocycles. The molecule has 0 bridgehead atoms. The first-order chi connectivity index (χ1) is 14.4. The van der Waals surface area contributed by atoms with Crippen molar-refractivity contribution in [2.75, 3.05) is 13.7 Å². The topological polar surface area (TPSA) is 30.5 Å². The van der Waals surface area contributed by atoms with Gasteiger partial charge in [0.05, 0.1) is 13.7 Å². The van der Waals surface area contributed by atoms with E-state index in [9.17, 15) is 0 Å². The van der Waals surface area contributed by atoms with Crippen LogP contribution in [-0.4, -0.2) is 13.7 Å². The molecule has 30 heavy (non-hydrogen) atoms. The maximum Gasteiger partial charge on any atom is 0.161 e. The molecule has 0 saturated carbocycles. The third-order valence-electron chi connectivity index (χ3n) is 5.46. The number of benzene rings is 2. The first-order valence-electron chi connectivity index (χ1n) is 11.5. The van der Waals surface area contributed by atoms with E-state index in [-0.39, 0.29) is 5.41 Å². The van der Waals surface area contributed by atoms with Crippen molar-refractivity contribution in [3.63, 3.8) is 0 Å². The van der Waals surface area contributed by atoms with Gasteiger partial charge in [-0.2, -0.15) is 0 Å². The summed E-state index contributed by atoms with van der Waals surface area (Å²) in [7, 11) is 1.71. The average Bonchev–Trinajstić information content (AvgIpc) is 2.73. The molecule has 0 fully saturated rings. The van der Waals surface area contributed by atoms with Crippen LogP contribution in [0.5, 0.6) is 11.5 Å². The first kappa shape index (κ1) is 24.3. The summed E-state index contributed by atoms with van der Waals surface area (Å²) < 4.78 is 11.5. The number of rotatable bonds is 13. The smallest absolute Gasteiger partial charge is 0.161 e. The molecule has 0 aliphatic rings. The lowest BCUT2D eigenvalue weighted by molar-refractivity contribution is 0.284.